The molecule has 0 fully saturated rings. The number of ether oxygens (including phenoxy) is 1. The zero-order valence-corrected chi connectivity index (χ0v) is 19.4. The first-order valence-electron chi connectivity index (χ1n) is 9.54. The van der Waals surface area contributed by atoms with E-state index in [2.05, 4.69) is 15.4 Å². The van der Waals surface area contributed by atoms with Gasteiger partial charge < -0.3 is 0 Å². The van der Waals surface area contributed by atoms with Crippen LogP contribution in [0.1, 0.15) is 17.3 Å². The fourth-order valence-corrected chi connectivity index (χ4v) is 4.87. The van der Waals surface area contributed by atoms with Gasteiger partial charge in [-0.25, -0.2) is 0 Å². The molecule has 1 N–H and O–H groups in total. The Hall–Kier alpha value is -3.22. The fraction of sp³-hybridized carbons (Fsp3) is 0.0909. The summed E-state index contributed by atoms with van der Waals surface area (Å²) in [5, 5.41) is 6.99. The second-order valence-corrected chi connectivity index (χ2v) is 9.38. The topological polar surface area (TPSA) is 85.6 Å². The molecule has 161 valence electrons. The number of amides is 1. The Morgan fingerprint density at radius 2 is 2.06 bits per heavy atom. The Balaban J connectivity index is 1.58. The van der Waals surface area contributed by atoms with E-state index in [0.29, 0.717) is 11.3 Å². The van der Waals surface area contributed by atoms with Crippen LogP contribution in [0.2, 0.25) is 5.02 Å². The first kappa shape index (κ1) is 22.0. The summed E-state index contributed by atoms with van der Waals surface area (Å²) in [5.74, 6) is -1.03. The minimum atomic E-state index is -0.879. The number of benzene rings is 2. The number of rotatable bonds is 6. The predicted octanol–water partition coefficient (Wildman–Crippen LogP) is 3.93. The summed E-state index contributed by atoms with van der Waals surface area (Å²) in [5.41, 5.74) is 2.66. The van der Waals surface area contributed by atoms with Crippen molar-refractivity contribution in [2.24, 2.45) is 0 Å². The molecular formula is C22H16AsClFN4O3. The van der Waals surface area contributed by atoms with Crippen LogP contribution in [0.3, 0.4) is 0 Å². The van der Waals surface area contributed by atoms with Gasteiger partial charge in [0.1, 0.15) is 0 Å². The van der Waals surface area contributed by atoms with Crippen LogP contribution >= 0.6 is 11.6 Å². The molecule has 1 radical (unpaired) electrons. The van der Waals surface area contributed by atoms with Gasteiger partial charge in [0.05, 0.1) is 0 Å². The maximum atomic E-state index is 13.3. The van der Waals surface area contributed by atoms with Gasteiger partial charge in [0.2, 0.25) is 0 Å². The molecule has 2 heterocycles. The SMILES string of the molecule is CCOC(=O)c1cnn2c(-c3cccc([As]C(=O)Nc4ccc(F)c(Cl)c4)c3)ccnc12. The summed E-state index contributed by atoms with van der Waals surface area (Å²) >= 11 is 4.89. The van der Waals surface area contributed by atoms with Gasteiger partial charge in [0, 0.05) is 0 Å². The minimum absolute atomic E-state index is 0.0517. The van der Waals surface area contributed by atoms with Gasteiger partial charge in [0.15, 0.2) is 0 Å². The Morgan fingerprint density at radius 1 is 1.22 bits per heavy atom. The molecule has 1 amide bonds. The third-order valence-electron chi connectivity index (χ3n) is 4.44. The number of nitrogens with one attached hydrogen (secondary N) is 1. The number of fused-ring (bicyclic) bond motifs is 1. The Morgan fingerprint density at radius 3 is 2.84 bits per heavy atom. The first-order chi connectivity index (χ1) is 15.5. The number of anilines is 1. The zero-order chi connectivity index (χ0) is 22.7. The summed E-state index contributed by atoms with van der Waals surface area (Å²) in [6.07, 6.45) is 3.03. The van der Waals surface area contributed by atoms with Gasteiger partial charge in [-0.2, -0.15) is 0 Å². The molecule has 0 saturated heterocycles. The van der Waals surface area contributed by atoms with Crippen molar-refractivity contribution in [3.63, 3.8) is 0 Å². The van der Waals surface area contributed by atoms with Crippen LogP contribution in [0.4, 0.5) is 14.9 Å². The van der Waals surface area contributed by atoms with Gasteiger partial charge >= 0.3 is 194 Å². The number of carbonyl (C=O) groups excluding carboxylic acids is 2. The van der Waals surface area contributed by atoms with Crippen molar-refractivity contribution in [2.45, 2.75) is 6.92 Å². The van der Waals surface area contributed by atoms with E-state index in [1.807, 2.05) is 24.3 Å². The summed E-state index contributed by atoms with van der Waals surface area (Å²) in [6, 6.07) is 13.3. The number of hydrogen-bond acceptors (Lipinski definition) is 5. The van der Waals surface area contributed by atoms with Crippen molar-refractivity contribution >= 4 is 53.7 Å². The van der Waals surface area contributed by atoms with Crippen LogP contribution in [0, 0.1) is 5.82 Å². The van der Waals surface area contributed by atoms with Crippen molar-refractivity contribution in [3.05, 3.63) is 77.3 Å². The van der Waals surface area contributed by atoms with Gasteiger partial charge in [0.25, 0.3) is 0 Å². The van der Waals surface area contributed by atoms with E-state index in [-0.39, 0.29) is 21.9 Å². The standard InChI is InChI=1S/C22H16AsClFN4O3/c1-2-32-21(30)16-12-27-29-19(8-9-26-20(16)29)13-4-3-5-14(10-13)23-22(31)28-15-6-7-18(25)17(24)11-15/h3-12H,2H2,1H3,(H,28,31). The van der Waals surface area contributed by atoms with Crippen molar-refractivity contribution in [2.75, 3.05) is 11.9 Å². The van der Waals surface area contributed by atoms with E-state index >= 15 is 0 Å². The number of esters is 1. The molecule has 2 aromatic heterocycles. The molecular weight excluding hydrogens is 498 g/mol. The van der Waals surface area contributed by atoms with E-state index < -0.39 is 27.5 Å². The number of hydrogen-bond donors (Lipinski definition) is 1. The molecule has 0 atom stereocenters. The van der Waals surface area contributed by atoms with E-state index in [0.717, 1.165) is 15.6 Å². The molecule has 0 spiro atoms. The van der Waals surface area contributed by atoms with Crippen molar-refractivity contribution in [1.29, 1.82) is 0 Å². The molecule has 0 bridgehead atoms. The summed E-state index contributed by atoms with van der Waals surface area (Å²) in [4.78, 5) is 28.9. The van der Waals surface area contributed by atoms with Crippen molar-refractivity contribution < 1.29 is 18.7 Å². The van der Waals surface area contributed by atoms with Gasteiger partial charge in [-0.05, 0) is 0 Å². The molecule has 0 saturated carbocycles. The third kappa shape index (κ3) is 4.66. The van der Waals surface area contributed by atoms with Crippen molar-refractivity contribution in [3.8, 4) is 11.3 Å². The molecule has 10 heteroatoms. The van der Waals surface area contributed by atoms with E-state index in [9.17, 15) is 14.0 Å². The van der Waals surface area contributed by atoms with Crippen LogP contribution in [0.25, 0.3) is 16.9 Å². The van der Waals surface area contributed by atoms with Gasteiger partial charge in [-0.1, -0.05) is 0 Å². The van der Waals surface area contributed by atoms with Crippen LogP contribution in [-0.2, 0) is 4.74 Å². The predicted molar refractivity (Wildman–Crippen MR) is 120 cm³/mol. The number of nitrogens with zero attached hydrogens (tertiary/aromatic N) is 3. The molecule has 7 nitrogen and oxygen atoms in total. The second-order valence-electron chi connectivity index (χ2n) is 6.57. The molecule has 32 heavy (non-hydrogen) atoms. The van der Waals surface area contributed by atoms with Crippen LogP contribution in [0.15, 0.2) is 60.9 Å². The van der Waals surface area contributed by atoms with Crippen molar-refractivity contribution in [1.82, 2.24) is 14.6 Å². The zero-order valence-electron chi connectivity index (χ0n) is 16.8. The Labute approximate surface area is 194 Å². The number of halogens is 2. The van der Waals surface area contributed by atoms with E-state index in [1.54, 1.807) is 23.7 Å². The van der Waals surface area contributed by atoms with Crippen LogP contribution in [-0.4, -0.2) is 47.6 Å². The molecule has 0 aliphatic heterocycles. The Kier molecular flexibility index (Phi) is 6.53. The molecule has 4 aromatic rings. The summed E-state index contributed by atoms with van der Waals surface area (Å²) in [6.45, 7) is 1.99. The molecule has 0 aliphatic carbocycles. The number of carbonyl (C=O) groups is 2. The number of aromatic nitrogens is 3. The first-order valence-corrected chi connectivity index (χ1v) is 11.8. The van der Waals surface area contributed by atoms with E-state index in [4.69, 9.17) is 16.3 Å². The second kappa shape index (κ2) is 9.51. The molecule has 2 aromatic carbocycles. The average Bonchev–Trinajstić information content (AvgIpc) is 3.21. The maximum absolute atomic E-state index is 13.3. The molecule has 4 rings (SSSR count). The summed E-state index contributed by atoms with van der Waals surface area (Å²) in [7, 11) is 0. The normalized spacial score (nSPS) is 11.2. The van der Waals surface area contributed by atoms with Gasteiger partial charge in [-0.3, -0.25) is 0 Å². The van der Waals surface area contributed by atoms with Crippen LogP contribution in [0.5, 0.6) is 0 Å². The fourth-order valence-electron chi connectivity index (χ4n) is 3.04. The third-order valence-corrected chi connectivity index (χ3v) is 6.52. The molecule has 0 unspecified atom stereocenters. The van der Waals surface area contributed by atoms with Crippen LogP contribution < -0.4 is 9.67 Å². The summed E-state index contributed by atoms with van der Waals surface area (Å²) < 4.78 is 20.6. The average molecular weight is 514 g/mol. The van der Waals surface area contributed by atoms with Gasteiger partial charge in [-0.15, -0.1) is 0 Å². The van der Waals surface area contributed by atoms with E-state index in [1.165, 1.54) is 24.4 Å². The Bertz CT molecular complexity index is 1330. The quantitative estimate of drug-likeness (QED) is 0.312. The monoisotopic (exact) mass is 513 g/mol. The molecule has 0 aliphatic rings.